The number of methoxy groups -OCH3 is 2. The van der Waals surface area contributed by atoms with Crippen LogP contribution in [0.15, 0.2) is 42.6 Å². The predicted octanol–water partition coefficient (Wildman–Crippen LogP) is 2.68. The molecule has 9 nitrogen and oxygen atoms in total. The van der Waals surface area contributed by atoms with Crippen molar-refractivity contribution in [2.75, 3.05) is 32.8 Å². The molecule has 29 heavy (non-hydrogen) atoms. The highest BCUT2D eigenvalue weighted by molar-refractivity contribution is 7.71. The lowest BCUT2D eigenvalue weighted by Crippen LogP contribution is -2.19. The van der Waals surface area contributed by atoms with E-state index in [-0.39, 0.29) is 12.5 Å². The van der Waals surface area contributed by atoms with Crippen molar-refractivity contribution in [3.8, 4) is 23.0 Å². The molecule has 1 amide bonds. The van der Waals surface area contributed by atoms with E-state index in [4.69, 9.17) is 26.4 Å². The van der Waals surface area contributed by atoms with Crippen LogP contribution in [0.3, 0.4) is 0 Å². The van der Waals surface area contributed by atoms with Gasteiger partial charge in [-0.25, -0.2) is 4.98 Å². The van der Waals surface area contributed by atoms with Crippen LogP contribution in [0.5, 0.6) is 11.6 Å². The molecule has 0 saturated heterocycles. The van der Waals surface area contributed by atoms with Crippen LogP contribution in [0, 0.1) is 4.77 Å². The number of anilines is 1. The van der Waals surface area contributed by atoms with Gasteiger partial charge in [0.2, 0.25) is 11.8 Å². The predicted molar refractivity (Wildman–Crippen MR) is 110 cm³/mol. The van der Waals surface area contributed by atoms with Crippen LogP contribution in [0.1, 0.15) is 0 Å². The summed E-state index contributed by atoms with van der Waals surface area (Å²) in [6.07, 6.45) is 1.53. The molecule has 0 radical (unpaired) electrons. The van der Waals surface area contributed by atoms with Crippen molar-refractivity contribution in [3.63, 3.8) is 0 Å². The number of carbonyl (C=O) groups excluding carboxylic acids is 1. The van der Waals surface area contributed by atoms with Gasteiger partial charge in [-0.2, -0.15) is 5.10 Å². The first-order valence-electron chi connectivity index (χ1n) is 8.78. The van der Waals surface area contributed by atoms with Crippen molar-refractivity contribution in [1.82, 2.24) is 19.7 Å². The van der Waals surface area contributed by atoms with Crippen LogP contribution in [0.4, 0.5) is 5.69 Å². The summed E-state index contributed by atoms with van der Waals surface area (Å²) in [5, 5.41) is 9.75. The van der Waals surface area contributed by atoms with Crippen molar-refractivity contribution in [2.45, 2.75) is 6.54 Å². The Morgan fingerprint density at radius 2 is 1.97 bits per heavy atom. The first kappa shape index (κ1) is 20.5. The molecule has 0 atom stereocenters. The van der Waals surface area contributed by atoms with Crippen LogP contribution in [-0.2, 0) is 16.1 Å². The number of H-pyrrole nitrogens is 1. The Kier molecular flexibility index (Phi) is 6.93. The molecule has 10 heteroatoms. The van der Waals surface area contributed by atoms with E-state index in [9.17, 15) is 4.79 Å². The zero-order chi connectivity index (χ0) is 20.6. The van der Waals surface area contributed by atoms with Crippen LogP contribution in [0.2, 0.25) is 0 Å². The monoisotopic (exact) mass is 415 g/mol. The molecule has 0 fully saturated rings. The van der Waals surface area contributed by atoms with E-state index >= 15 is 0 Å². The number of nitrogens with zero attached hydrogens (tertiary/aromatic N) is 3. The summed E-state index contributed by atoms with van der Waals surface area (Å²) < 4.78 is 17.5. The Morgan fingerprint density at radius 3 is 2.62 bits per heavy atom. The lowest BCUT2D eigenvalue weighted by atomic mass is 10.2. The molecule has 0 saturated carbocycles. The summed E-state index contributed by atoms with van der Waals surface area (Å²) in [7, 11) is 3.20. The number of benzene rings is 1. The molecule has 3 aromatic rings. The Balaban J connectivity index is 1.66. The van der Waals surface area contributed by atoms with E-state index in [0.29, 0.717) is 35.4 Å². The van der Waals surface area contributed by atoms with Crippen molar-refractivity contribution in [1.29, 1.82) is 0 Å². The van der Waals surface area contributed by atoms with Crippen LogP contribution < -0.4 is 14.8 Å². The molecule has 2 N–H and O–H groups in total. The van der Waals surface area contributed by atoms with Gasteiger partial charge in [-0.3, -0.25) is 14.5 Å². The Hall–Kier alpha value is -3.24. The summed E-state index contributed by atoms with van der Waals surface area (Å²) in [6.45, 7) is 0.882. The molecule has 2 aromatic heterocycles. The summed E-state index contributed by atoms with van der Waals surface area (Å²) in [5.41, 5.74) is 1.36. The van der Waals surface area contributed by atoms with Gasteiger partial charge >= 0.3 is 0 Å². The van der Waals surface area contributed by atoms with Crippen molar-refractivity contribution >= 4 is 23.8 Å². The van der Waals surface area contributed by atoms with Gasteiger partial charge in [0.05, 0.1) is 25.6 Å². The minimum atomic E-state index is -0.257. The first-order chi connectivity index (χ1) is 14.1. The van der Waals surface area contributed by atoms with Gasteiger partial charge in [0.15, 0.2) is 10.6 Å². The number of nitrogens with one attached hydrogen (secondary N) is 2. The third kappa shape index (κ3) is 5.39. The summed E-state index contributed by atoms with van der Waals surface area (Å²) in [5.74, 6) is 1.49. The number of aromatic amines is 1. The number of hydrogen-bond donors (Lipinski definition) is 2. The molecule has 152 valence electrons. The molecular weight excluding hydrogens is 394 g/mol. The van der Waals surface area contributed by atoms with E-state index in [2.05, 4.69) is 20.5 Å². The first-order valence-corrected chi connectivity index (χ1v) is 9.19. The minimum absolute atomic E-state index is 0.00276. The fourth-order valence-corrected chi connectivity index (χ4v) is 2.73. The maximum Gasteiger partial charge on any atom is 0.244 e. The van der Waals surface area contributed by atoms with E-state index in [1.54, 1.807) is 30.9 Å². The third-order valence-electron chi connectivity index (χ3n) is 3.97. The summed E-state index contributed by atoms with van der Waals surface area (Å²) in [6, 6.07) is 10.7. The number of pyridine rings is 1. The molecule has 3 rings (SSSR count). The number of ether oxygens (including phenoxy) is 3. The maximum absolute atomic E-state index is 12.5. The third-order valence-corrected chi connectivity index (χ3v) is 4.28. The molecule has 0 unspecified atom stereocenters. The Labute approximate surface area is 172 Å². The van der Waals surface area contributed by atoms with Gasteiger partial charge in [0.1, 0.15) is 18.9 Å². The lowest BCUT2D eigenvalue weighted by molar-refractivity contribution is -0.116. The highest BCUT2D eigenvalue weighted by Gasteiger charge is 2.13. The molecule has 0 aliphatic heterocycles. The normalized spacial score (nSPS) is 10.6. The SMILES string of the molecule is COCCOc1ccc(NC(=O)Cn2c(-c3ccc(OC)cc3)n[nH]c2=S)cn1. The van der Waals surface area contributed by atoms with Crippen molar-refractivity contribution in [3.05, 3.63) is 47.4 Å². The van der Waals surface area contributed by atoms with Crippen LogP contribution in [0.25, 0.3) is 11.4 Å². The molecule has 0 aliphatic rings. The smallest absolute Gasteiger partial charge is 0.244 e. The van der Waals surface area contributed by atoms with E-state index < -0.39 is 0 Å². The second kappa shape index (κ2) is 9.80. The molecule has 0 spiro atoms. The molecular formula is C19H21N5O4S. The van der Waals surface area contributed by atoms with Crippen molar-refractivity contribution < 1.29 is 19.0 Å². The zero-order valence-electron chi connectivity index (χ0n) is 16.0. The molecule has 0 bridgehead atoms. The van der Waals surface area contributed by atoms with Crippen molar-refractivity contribution in [2.24, 2.45) is 0 Å². The maximum atomic E-state index is 12.5. The number of carbonyl (C=O) groups is 1. The van der Waals surface area contributed by atoms with E-state index in [0.717, 1.165) is 11.3 Å². The number of rotatable bonds is 9. The largest absolute Gasteiger partial charge is 0.497 e. The van der Waals surface area contributed by atoms with Gasteiger partial charge in [-0.05, 0) is 42.5 Å². The van der Waals surface area contributed by atoms with Crippen LogP contribution in [-0.4, -0.2) is 53.1 Å². The van der Waals surface area contributed by atoms with E-state index in [1.807, 2.05) is 24.3 Å². The zero-order valence-corrected chi connectivity index (χ0v) is 16.9. The quantitative estimate of drug-likeness (QED) is 0.409. The van der Waals surface area contributed by atoms with Gasteiger partial charge in [-0.1, -0.05) is 0 Å². The Morgan fingerprint density at radius 1 is 1.17 bits per heavy atom. The molecule has 1 aromatic carbocycles. The van der Waals surface area contributed by atoms with E-state index in [1.165, 1.54) is 6.20 Å². The average Bonchev–Trinajstić information content (AvgIpc) is 3.09. The van der Waals surface area contributed by atoms with Gasteiger partial charge in [0.25, 0.3) is 0 Å². The highest BCUT2D eigenvalue weighted by Crippen LogP contribution is 2.21. The summed E-state index contributed by atoms with van der Waals surface area (Å²) >= 11 is 5.27. The van der Waals surface area contributed by atoms with Gasteiger partial charge in [0, 0.05) is 18.7 Å². The fraction of sp³-hybridized carbons (Fsp3) is 0.263. The second-order valence-electron chi connectivity index (χ2n) is 5.94. The number of aromatic nitrogens is 4. The number of hydrogen-bond acceptors (Lipinski definition) is 7. The number of amides is 1. The highest BCUT2D eigenvalue weighted by atomic mass is 32.1. The minimum Gasteiger partial charge on any atom is -0.497 e. The van der Waals surface area contributed by atoms with Gasteiger partial charge < -0.3 is 19.5 Å². The van der Waals surface area contributed by atoms with Crippen LogP contribution >= 0.6 is 12.2 Å². The topological polar surface area (TPSA) is 103 Å². The average molecular weight is 415 g/mol. The fourth-order valence-electron chi connectivity index (χ4n) is 2.54. The second-order valence-corrected chi connectivity index (χ2v) is 6.33. The summed E-state index contributed by atoms with van der Waals surface area (Å²) in [4.78, 5) is 16.6. The molecule has 0 aliphatic carbocycles. The molecule has 2 heterocycles. The van der Waals surface area contributed by atoms with Gasteiger partial charge in [-0.15, -0.1) is 0 Å². The Bertz CT molecular complexity index is 999. The standard InChI is InChI=1S/C19H21N5O4S/c1-26-9-10-28-17-8-5-14(11-20-17)21-16(25)12-24-18(22-23-19(24)29)13-3-6-15(27-2)7-4-13/h3-8,11H,9-10,12H2,1-2H3,(H,21,25)(H,23,29). The lowest BCUT2D eigenvalue weighted by Gasteiger charge is -2.09.